The maximum Gasteiger partial charge on any atom is 0.416 e. The summed E-state index contributed by atoms with van der Waals surface area (Å²) in [5.74, 6) is -0.845. The summed E-state index contributed by atoms with van der Waals surface area (Å²) in [5, 5.41) is 5.32. The van der Waals surface area contributed by atoms with Gasteiger partial charge in [-0.2, -0.15) is 13.2 Å². The maximum atomic E-state index is 12.6. The van der Waals surface area contributed by atoms with Gasteiger partial charge in [-0.25, -0.2) is 0 Å². The van der Waals surface area contributed by atoms with E-state index >= 15 is 0 Å². The van der Waals surface area contributed by atoms with Gasteiger partial charge in [0.2, 0.25) is 0 Å². The van der Waals surface area contributed by atoms with Gasteiger partial charge >= 0.3 is 6.18 Å². The fourth-order valence-electron chi connectivity index (χ4n) is 2.44. The molecule has 142 valence electrons. The first-order valence-electron chi connectivity index (χ1n) is 8.28. The minimum atomic E-state index is -4.45. The fraction of sp³-hybridized carbons (Fsp3) is 0.0476. The first kappa shape index (κ1) is 19.2. The summed E-state index contributed by atoms with van der Waals surface area (Å²) < 4.78 is 37.7. The Bertz CT molecular complexity index is 967. The molecule has 0 fully saturated rings. The van der Waals surface area contributed by atoms with Crippen LogP contribution < -0.4 is 10.6 Å². The van der Waals surface area contributed by atoms with E-state index in [1.807, 2.05) is 6.07 Å². The molecule has 3 aromatic rings. The predicted molar refractivity (Wildman–Crippen MR) is 100 cm³/mol. The first-order valence-corrected chi connectivity index (χ1v) is 8.28. The average Bonchev–Trinajstić information content (AvgIpc) is 2.68. The smallest absolute Gasteiger partial charge is 0.322 e. The van der Waals surface area contributed by atoms with Crippen molar-refractivity contribution in [3.63, 3.8) is 0 Å². The third-order valence-electron chi connectivity index (χ3n) is 3.91. The molecule has 0 saturated heterocycles. The number of alkyl halides is 3. The number of para-hydroxylation sites is 1. The van der Waals surface area contributed by atoms with Crippen molar-refractivity contribution >= 4 is 23.2 Å². The Hall–Kier alpha value is -3.61. The molecule has 0 aliphatic carbocycles. The van der Waals surface area contributed by atoms with Gasteiger partial charge in [-0.3, -0.25) is 9.59 Å². The zero-order chi connectivity index (χ0) is 20.1. The van der Waals surface area contributed by atoms with E-state index in [4.69, 9.17) is 0 Å². The molecule has 3 rings (SSSR count). The SMILES string of the molecule is O=C(Nc1ccccc1)c1ccc(NC(=O)c2ccc(C(F)(F)F)cc2)cc1. The molecule has 0 aliphatic heterocycles. The molecule has 2 amide bonds. The van der Waals surface area contributed by atoms with Gasteiger partial charge in [0.15, 0.2) is 0 Å². The van der Waals surface area contributed by atoms with E-state index in [1.165, 1.54) is 0 Å². The zero-order valence-corrected chi connectivity index (χ0v) is 14.5. The maximum absolute atomic E-state index is 12.6. The van der Waals surface area contributed by atoms with E-state index in [9.17, 15) is 22.8 Å². The first-order chi connectivity index (χ1) is 13.3. The summed E-state index contributed by atoms with van der Waals surface area (Å²) >= 11 is 0. The lowest BCUT2D eigenvalue weighted by atomic mass is 10.1. The van der Waals surface area contributed by atoms with Crippen LogP contribution >= 0.6 is 0 Å². The topological polar surface area (TPSA) is 58.2 Å². The Balaban J connectivity index is 1.63. The average molecular weight is 384 g/mol. The van der Waals surface area contributed by atoms with Gasteiger partial charge in [-0.05, 0) is 60.7 Å². The molecule has 0 aliphatic rings. The van der Waals surface area contributed by atoms with E-state index < -0.39 is 17.6 Å². The molecule has 0 radical (unpaired) electrons. The van der Waals surface area contributed by atoms with Gasteiger partial charge in [0, 0.05) is 22.5 Å². The highest BCUT2D eigenvalue weighted by molar-refractivity contribution is 6.06. The van der Waals surface area contributed by atoms with Crippen molar-refractivity contribution in [3.05, 3.63) is 95.6 Å². The van der Waals surface area contributed by atoms with Crippen LogP contribution in [0.5, 0.6) is 0 Å². The van der Waals surface area contributed by atoms with Crippen LogP contribution in [0.25, 0.3) is 0 Å². The Morgan fingerprint density at radius 3 is 1.50 bits per heavy atom. The monoisotopic (exact) mass is 384 g/mol. The van der Waals surface area contributed by atoms with Crippen LogP contribution in [-0.4, -0.2) is 11.8 Å². The van der Waals surface area contributed by atoms with Gasteiger partial charge < -0.3 is 10.6 Å². The van der Waals surface area contributed by atoms with E-state index in [1.54, 1.807) is 48.5 Å². The van der Waals surface area contributed by atoms with Crippen molar-refractivity contribution in [3.8, 4) is 0 Å². The number of nitrogens with one attached hydrogen (secondary N) is 2. The molecular weight excluding hydrogens is 369 g/mol. The number of hydrogen-bond acceptors (Lipinski definition) is 2. The van der Waals surface area contributed by atoms with Crippen LogP contribution in [0.15, 0.2) is 78.9 Å². The zero-order valence-electron chi connectivity index (χ0n) is 14.5. The number of rotatable bonds is 4. The molecule has 0 atom stereocenters. The summed E-state index contributed by atoms with van der Waals surface area (Å²) in [4.78, 5) is 24.4. The van der Waals surface area contributed by atoms with E-state index in [-0.39, 0.29) is 11.5 Å². The Morgan fingerprint density at radius 2 is 1.04 bits per heavy atom. The molecule has 0 unspecified atom stereocenters. The molecule has 0 spiro atoms. The molecule has 3 aromatic carbocycles. The molecule has 0 bridgehead atoms. The summed E-state index contributed by atoms with van der Waals surface area (Å²) in [6, 6.07) is 19.1. The van der Waals surface area contributed by atoms with E-state index in [0.717, 1.165) is 24.3 Å². The molecule has 4 nitrogen and oxygen atoms in total. The Kier molecular flexibility index (Phi) is 5.44. The number of halogens is 3. The van der Waals surface area contributed by atoms with Crippen molar-refractivity contribution in [1.29, 1.82) is 0 Å². The van der Waals surface area contributed by atoms with Crippen molar-refractivity contribution in [2.75, 3.05) is 10.6 Å². The summed E-state index contributed by atoms with van der Waals surface area (Å²) in [7, 11) is 0. The highest BCUT2D eigenvalue weighted by Crippen LogP contribution is 2.29. The number of benzene rings is 3. The third kappa shape index (κ3) is 4.76. The number of anilines is 2. The van der Waals surface area contributed by atoms with Crippen LogP contribution in [0, 0.1) is 0 Å². The van der Waals surface area contributed by atoms with Gasteiger partial charge in [-0.15, -0.1) is 0 Å². The number of carbonyl (C=O) groups is 2. The minimum absolute atomic E-state index is 0.0962. The van der Waals surface area contributed by atoms with Crippen molar-refractivity contribution in [2.45, 2.75) is 6.18 Å². The fourth-order valence-corrected chi connectivity index (χ4v) is 2.44. The molecule has 7 heteroatoms. The summed E-state index contributed by atoms with van der Waals surface area (Å²) in [5.41, 5.74) is 0.751. The van der Waals surface area contributed by atoms with Gasteiger partial charge in [0.1, 0.15) is 0 Å². The molecular formula is C21H15F3N2O2. The molecule has 0 aromatic heterocycles. The summed E-state index contributed by atoms with van der Waals surface area (Å²) in [6.45, 7) is 0. The second-order valence-electron chi connectivity index (χ2n) is 5.93. The highest BCUT2D eigenvalue weighted by Gasteiger charge is 2.30. The lowest BCUT2D eigenvalue weighted by Crippen LogP contribution is -2.14. The van der Waals surface area contributed by atoms with Crippen molar-refractivity contribution in [1.82, 2.24) is 0 Å². The Morgan fingerprint density at radius 1 is 0.607 bits per heavy atom. The molecule has 28 heavy (non-hydrogen) atoms. The van der Waals surface area contributed by atoms with Crippen LogP contribution in [0.1, 0.15) is 26.3 Å². The van der Waals surface area contributed by atoms with E-state index in [2.05, 4.69) is 10.6 Å². The second-order valence-corrected chi connectivity index (χ2v) is 5.93. The van der Waals surface area contributed by atoms with Crippen LogP contribution in [0.4, 0.5) is 24.5 Å². The van der Waals surface area contributed by atoms with Gasteiger partial charge in [-0.1, -0.05) is 18.2 Å². The van der Waals surface area contributed by atoms with Crippen LogP contribution in [0.3, 0.4) is 0 Å². The normalized spacial score (nSPS) is 11.0. The minimum Gasteiger partial charge on any atom is -0.322 e. The van der Waals surface area contributed by atoms with Crippen LogP contribution in [-0.2, 0) is 6.18 Å². The summed E-state index contributed by atoms with van der Waals surface area (Å²) in [6.07, 6.45) is -4.45. The van der Waals surface area contributed by atoms with Crippen molar-refractivity contribution in [2.24, 2.45) is 0 Å². The number of carbonyl (C=O) groups excluding carboxylic acids is 2. The largest absolute Gasteiger partial charge is 0.416 e. The van der Waals surface area contributed by atoms with Gasteiger partial charge in [0.05, 0.1) is 5.56 Å². The molecule has 2 N–H and O–H groups in total. The number of hydrogen-bond donors (Lipinski definition) is 2. The third-order valence-corrected chi connectivity index (χ3v) is 3.91. The van der Waals surface area contributed by atoms with Gasteiger partial charge in [0.25, 0.3) is 11.8 Å². The lowest BCUT2D eigenvalue weighted by Gasteiger charge is -2.09. The second kappa shape index (κ2) is 7.96. The molecule has 0 heterocycles. The standard InChI is InChI=1S/C21H15F3N2O2/c22-21(23,24)16-10-6-14(7-11-16)19(27)26-18-12-8-15(9-13-18)20(28)25-17-4-2-1-3-5-17/h1-13H,(H,25,28)(H,26,27). The number of amides is 2. The molecule has 0 saturated carbocycles. The predicted octanol–water partition coefficient (Wildman–Crippen LogP) is 5.21. The lowest BCUT2D eigenvalue weighted by molar-refractivity contribution is -0.137. The van der Waals surface area contributed by atoms with Crippen LogP contribution in [0.2, 0.25) is 0 Å². The quantitative estimate of drug-likeness (QED) is 0.649. The van der Waals surface area contributed by atoms with E-state index in [0.29, 0.717) is 16.9 Å². The highest BCUT2D eigenvalue weighted by atomic mass is 19.4. The van der Waals surface area contributed by atoms with Crippen molar-refractivity contribution < 1.29 is 22.8 Å². The Labute approximate surface area is 159 Å².